The first kappa shape index (κ1) is 8.48. The van der Waals surface area contributed by atoms with Crippen LogP contribution >= 0.6 is 0 Å². The highest BCUT2D eigenvalue weighted by Gasteiger charge is 2.26. The summed E-state index contributed by atoms with van der Waals surface area (Å²) in [7, 11) is 0. The van der Waals surface area contributed by atoms with Crippen LogP contribution < -0.4 is 0 Å². The molecule has 13 heavy (non-hydrogen) atoms. The molecule has 0 N–H and O–H groups in total. The maximum atomic E-state index is 11.7. The van der Waals surface area contributed by atoms with Crippen LogP contribution in [0.5, 0.6) is 0 Å². The summed E-state index contributed by atoms with van der Waals surface area (Å²) in [6.45, 7) is 2.85. The van der Waals surface area contributed by atoms with Gasteiger partial charge in [-0.2, -0.15) is 5.10 Å². The summed E-state index contributed by atoms with van der Waals surface area (Å²) in [5.41, 5.74) is 0.784. The van der Waals surface area contributed by atoms with Gasteiger partial charge in [-0.3, -0.25) is 9.48 Å². The molecule has 1 saturated carbocycles. The van der Waals surface area contributed by atoms with E-state index in [1.165, 1.54) is 6.42 Å². The fourth-order valence-electron chi connectivity index (χ4n) is 1.57. The number of hydrogen-bond acceptors (Lipinski definition) is 2. The average molecular weight is 178 g/mol. The number of rotatable bonds is 3. The van der Waals surface area contributed by atoms with Gasteiger partial charge in [0.25, 0.3) is 0 Å². The predicted molar refractivity (Wildman–Crippen MR) is 49.6 cm³/mol. The smallest absolute Gasteiger partial charge is 0.169 e. The van der Waals surface area contributed by atoms with E-state index in [9.17, 15) is 4.79 Å². The SMILES string of the molecule is CCn1cc(C(=O)C2CCC2)cn1. The first-order chi connectivity index (χ1) is 6.31. The molecule has 3 nitrogen and oxygen atoms in total. The Morgan fingerprint density at radius 2 is 2.46 bits per heavy atom. The maximum Gasteiger partial charge on any atom is 0.169 e. The summed E-state index contributed by atoms with van der Waals surface area (Å²) in [6, 6.07) is 0. The van der Waals surface area contributed by atoms with E-state index in [0.717, 1.165) is 24.9 Å². The molecule has 0 atom stereocenters. The summed E-state index contributed by atoms with van der Waals surface area (Å²) in [4.78, 5) is 11.7. The third-order valence-electron chi connectivity index (χ3n) is 2.72. The molecule has 0 unspecified atom stereocenters. The predicted octanol–water partition coefficient (Wildman–Crippen LogP) is 1.89. The van der Waals surface area contributed by atoms with Crippen LogP contribution in [0.1, 0.15) is 36.5 Å². The second-order valence-electron chi connectivity index (χ2n) is 3.58. The van der Waals surface area contributed by atoms with Crippen molar-refractivity contribution in [2.45, 2.75) is 32.7 Å². The van der Waals surface area contributed by atoms with Crippen LogP contribution in [-0.4, -0.2) is 15.6 Å². The van der Waals surface area contributed by atoms with Crippen LogP contribution in [-0.2, 0) is 6.54 Å². The summed E-state index contributed by atoms with van der Waals surface area (Å²) >= 11 is 0. The van der Waals surface area contributed by atoms with Crippen molar-refractivity contribution in [1.82, 2.24) is 9.78 Å². The Labute approximate surface area is 77.7 Å². The molecule has 1 aromatic rings. The lowest BCUT2D eigenvalue weighted by Gasteiger charge is -2.22. The van der Waals surface area contributed by atoms with E-state index >= 15 is 0 Å². The van der Waals surface area contributed by atoms with Crippen molar-refractivity contribution in [2.24, 2.45) is 5.92 Å². The third-order valence-corrected chi connectivity index (χ3v) is 2.72. The highest BCUT2D eigenvalue weighted by molar-refractivity contribution is 5.97. The van der Waals surface area contributed by atoms with Crippen molar-refractivity contribution in [1.29, 1.82) is 0 Å². The van der Waals surface area contributed by atoms with Crippen LogP contribution in [0, 0.1) is 5.92 Å². The number of aryl methyl sites for hydroxylation is 1. The Balaban J connectivity index is 2.10. The lowest BCUT2D eigenvalue weighted by molar-refractivity contribution is 0.0855. The third kappa shape index (κ3) is 1.50. The van der Waals surface area contributed by atoms with E-state index in [2.05, 4.69) is 5.10 Å². The molecule has 0 amide bonds. The Morgan fingerprint density at radius 3 is 2.92 bits per heavy atom. The molecule has 0 saturated heterocycles. The van der Waals surface area contributed by atoms with Gasteiger partial charge in [0.05, 0.1) is 11.8 Å². The van der Waals surface area contributed by atoms with Gasteiger partial charge in [0, 0.05) is 18.7 Å². The minimum atomic E-state index is 0.283. The largest absolute Gasteiger partial charge is 0.294 e. The summed E-state index contributed by atoms with van der Waals surface area (Å²) < 4.78 is 1.80. The van der Waals surface area contributed by atoms with Crippen molar-refractivity contribution in [3.8, 4) is 0 Å². The molecule has 1 aliphatic carbocycles. The van der Waals surface area contributed by atoms with Crippen LogP contribution in [0.25, 0.3) is 0 Å². The molecule has 1 fully saturated rings. The fourth-order valence-corrected chi connectivity index (χ4v) is 1.57. The second kappa shape index (κ2) is 3.32. The lowest BCUT2D eigenvalue weighted by Crippen LogP contribution is -2.21. The Bertz CT molecular complexity index is 312. The van der Waals surface area contributed by atoms with E-state index in [4.69, 9.17) is 0 Å². The Morgan fingerprint density at radius 1 is 1.69 bits per heavy atom. The minimum absolute atomic E-state index is 0.283. The first-order valence-electron chi connectivity index (χ1n) is 4.88. The van der Waals surface area contributed by atoms with Gasteiger partial charge in [0.1, 0.15) is 0 Å². The molecular formula is C10H14N2O. The van der Waals surface area contributed by atoms with Crippen molar-refractivity contribution in [3.05, 3.63) is 18.0 Å². The standard InChI is InChI=1S/C10H14N2O/c1-2-12-7-9(6-11-12)10(13)8-4-3-5-8/h6-8H,2-5H2,1H3. The minimum Gasteiger partial charge on any atom is -0.294 e. The maximum absolute atomic E-state index is 11.7. The molecule has 1 aromatic heterocycles. The molecule has 0 aliphatic heterocycles. The van der Waals surface area contributed by atoms with Gasteiger partial charge in [-0.15, -0.1) is 0 Å². The number of carbonyl (C=O) groups is 1. The van der Waals surface area contributed by atoms with Gasteiger partial charge in [0.15, 0.2) is 5.78 Å². The van der Waals surface area contributed by atoms with Crippen LogP contribution in [0.3, 0.4) is 0 Å². The van der Waals surface area contributed by atoms with Crippen molar-refractivity contribution in [3.63, 3.8) is 0 Å². The fraction of sp³-hybridized carbons (Fsp3) is 0.600. The number of hydrogen-bond donors (Lipinski definition) is 0. The molecule has 0 radical (unpaired) electrons. The summed E-state index contributed by atoms with van der Waals surface area (Å²) in [6.07, 6.45) is 6.87. The van der Waals surface area contributed by atoms with E-state index in [0.29, 0.717) is 0 Å². The first-order valence-corrected chi connectivity index (χ1v) is 4.88. The highest BCUT2D eigenvalue weighted by Crippen LogP contribution is 2.29. The summed E-state index contributed by atoms with van der Waals surface area (Å²) in [5, 5.41) is 4.09. The van der Waals surface area contributed by atoms with Crippen LogP contribution in [0.15, 0.2) is 12.4 Å². The van der Waals surface area contributed by atoms with Crippen molar-refractivity contribution >= 4 is 5.78 Å². The number of nitrogens with zero attached hydrogens (tertiary/aromatic N) is 2. The highest BCUT2D eigenvalue weighted by atomic mass is 16.1. The summed E-state index contributed by atoms with van der Waals surface area (Å²) in [5.74, 6) is 0.570. The van der Waals surface area contributed by atoms with Gasteiger partial charge in [-0.1, -0.05) is 6.42 Å². The van der Waals surface area contributed by atoms with E-state index in [1.54, 1.807) is 10.9 Å². The zero-order chi connectivity index (χ0) is 9.26. The van der Waals surface area contributed by atoms with Gasteiger partial charge in [0.2, 0.25) is 0 Å². The number of aromatic nitrogens is 2. The Hall–Kier alpha value is -1.12. The van der Waals surface area contributed by atoms with E-state index in [1.807, 2.05) is 13.1 Å². The molecule has 2 rings (SSSR count). The van der Waals surface area contributed by atoms with Crippen molar-refractivity contribution < 1.29 is 4.79 Å². The topological polar surface area (TPSA) is 34.9 Å². The number of ketones is 1. The second-order valence-corrected chi connectivity index (χ2v) is 3.58. The number of carbonyl (C=O) groups excluding carboxylic acids is 1. The zero-order valence-electron chi connectivity index (χ0n) is 7.86. The zero-order valence-corrected chi connectivity index (χ0v) is 7.86. The van der Waals surface area contributed by atoms with Gasteiger partial charge >= 0.3 is 0 Å². The molecule has 0 bridgehead atoms. The van der Waals surface area contributed by atoms with Gasteiger partial charge in [-0.05, 0) is 19.8 Å². The lowest BCUT2D eigenvalue weighted by atomic mass is 9.80. The van der Waals surface area contributed by atoms with Gasteiger partial charge < -0.3 is 0 Å². The molecular weight excluding hydrogens is 164 g/mol. The molecule has 70 valence electrons. The molecule has 1 heterocycles. The monoisotopic (exact) mass is 178 g/mol. The van der Waals surface area contributed by atoms with Crippen LogP contribution in [0.4, 0.5) is 0 Å². The molecule has 3 heteroatoms. The molecule has 0 spiro atoms. The van der Waals surface area contributed by atoms with Gasteiger partial charge in [-0.25, -0.2) is 0 Å². The molecule has 0 aromatic carbocycles. The van der Waals surface area contributed by atoms with E-state index in [-0.39, 0.29) is 11.7 Å². The average Bonchev–Trinajstić information content (AvgIpc) is 2.48. The van der Waals surface area contributed by atoms with E-state index < -0.39 is 0 Å². The number of Topliss-reactive ketones (excluding diaryl/α,β-unsaturated/α-hetero) is 1. The van der Waals surface area contributed by atoms with Crippen LogP contribution in [0.2, 0.25) is 0 Å². The molecule has 1 aliphatic rings. The normalized spacial score (nSPS) is 17.0. The van der Waals surface area contributed by atoms with Crippen molar-refractivity contribution in [2.75, 3.05) is 0 Å². The quantitative estimate of drug-likeness (QED) is 0.662. The Kier molecular flexibility index (Phi) is 2.17.